The monoisotopic (exact) mass is 167 g/mol. The second kappa shape index (κ2) is 3.19. The molecule has 12 heavy (non-hydrogen) atoms. The lowest BCUT2D eigenvalue weighted by molar-refractivity contribution is 0.188. The quantitative estimate of drug-likeness (QED) is 0.479. The highest BCUT2D eigenvalue weighted by Gasteiger charge is 2.25. The Kier molecular flexibility index (Phi) is 2.20. The van der Waals surface area contributed by atoms with Crippen molar-refractivity contribution in [2.24, 2.45) is 0 Å². The molecule has 2 atom stereocenters. The van der Waals surface area contributed by atoms with Crippen LogP contribution in [0, 0.1) is 0 Å². The Balaban J connectivity index is 2.02. The molecule has 2 aliphatic rings. The second-order valence-corrected chi connectivity index (χ2v) is 4.00. The molecule has 2 rings (SSSR count). The van der Waals surface area contributed by atoms with E-state index in [2.05, 4.69) is 12.2 Å². The van der Waals surface area contributed by atoms with Crippen molar-refractivity contribution >= 4 is 0 Å². The van der Waals surface area contributed by atoms with Gasteiger partial charge in [-0.1, -0.05) is 5.57 Å². The molecule has 0 amide bonds. The molecule has 0 saturated carbocycles. The van der Waals surface area contributed by atoms with Crippen LogP contribution in [-0.2, 0) is 0 Å². The topological polar surface area (TPSA) is 42.2 Å². The van der Waals surface area contributed by atoms with Crippen molar-refractivity contribution in [2.75, 3.05) is 6.54 Å². The predicted molar refractivity (Wildman–Crippen MR) is 49.0 cm³/mol. The van der Waals surface area contributed by atoms with E-state index in [1.807, 2.05) is 0 Å². The van der Waals surface area contributed by atoms with Crippen LogP contribution >= 0.6 is 0 Å². The Labute approximate surface area is 73.7 Å². The van der Waals surface area contributed by atoms with Gasteiger partial charge in [0.05, 0.1) is 6.10 Å². The lowest BCUT2D eigenvalue weighted by atomic mass is 9.88. The molecule has 2 nitrogen and oxygen atoms in total. The lowest BCUT2D eigenvalue weighted by Gasteiger charge is -2.22. The van der Waals surface area contributed by atoms with E-state index in [9.17, 15) is 5.11 Å². The molecule has 2 unspecified atom stereocenters. The third kappa shape index (κ3) is 1.70. The first-order chi connectivity index (χ1) is 5.77. The van der Waals surface area contributed by atoms with Crippen molar-refractivity contribution in [1.82, 2.24) is 5.32 Å². The summed E-state index contributed by atoms with van der Waals surface area (Å²) in [7, 11) is 0. The van der Waals surface area contributed by atoms with Gasteiger partial charge in [0.25, 0.3) is 0 Å². The molecule has 68 valence electrons. The van der Waals surface area contributed by atoms with Crippen LogP contribution in [0.25, 0.3) is 0 Å². The van der Waals surface area contributed by atoms with Crippen molar-refractivity contribution in [3.8, 4) is 0 Å². The molecule has 1 heterocycles. The largest absolute Gasteiger partial charge is 0.389 e. The Hall–Kier alpha value is -0.340. The minimum Gasteiger partial charge on any atom is -0.389 e. The van der Waals surface area contributed by atoms with E-state index < -0.39 is 0 Å². The molecule has 0 radical (unpaired) electrons. The van der Waals surface area contributed by atoms with Crippen molar-refractivity contribution in [3.05, 3.63) is 11.1 Å². The summed E-state index contributed by atoms with van der Waals surface area (Å²) in [5, 5.41) is 12.9. The van der Waals surface area contributed by atoms with Crippen LogP contribution in [0.5, 0.6) is 0 Å². The zero-order chi connectivity index (χ0) is 8.55. The molecule has 2 heteroatoms. The van der Waals surface area contributed by atoms with Crippen LogP contribution < -0.4 is 5.32 Å². The van der Waals surface area contributed by atoms with Gasteiger partial charge in [-0.15, -0.1) is 0 Å². The first kappa shape index (κ1) is 8.27. The Morgan fingerprint density at radius 3 is 3.00 bits per heavy atom. The fourth-order valence-corrected chi connectivity index (χ4v) is 1.95. The van der Waals surface area contributed by atoms with Gasteiger partial charge in [0.15, 0.2) is 0 Å². The van der Waals surface area contributed by atoms with Crippen molar-refractivity contribution in [3.63, 3.8) is 0 Å². The van der Waals surface area contributed by atoms with Crippen LogP contribution in [0.15, 0.2) is 11.1 Å². The normalized spacial score (nSPS) is 35.5. The van der Waals surface area contributed by atoms with Crippen molar-refractivity contribution in [1.29, 1.82) is 0 Å². The van der Waals surface area contributed by atoms with Crippen LogP contribution in [0.4, 0.5) is 0 Å². The van der Waals surface area contributed by atoms with Gasteiger partial charge < -0.3 is 10.4 Å². The summed E-state index contributed by atoms with van der Waals surface area (Å²) in [6.07, 6.45) is 4.37. The average Bonchev–Trinajstić information content (AvgIpc) is 2.83. The number of hydrogen-bond acceptors (Lipinski definition) is 2. The van der Waals surface area contributed by atoms with Gasteiger partial charge in [-0.05, 0) is 38.2 Å². The fraction of sp³-hybridized carbons (Fsp3) is 0.800. The molecule has 1 saturated heterocycles. The number of rotatable bonds is 2. The van der Waals surface area contributed by atoms with Crippen molar-refractivity contribution in [2.45, 2.75) is 44.8 Å². The number of nitrogens with one attached hydrogen (secondary N) is 1. The molecule has 0 bridgehead atoms. The van der Waals surface area contributed by atoms with Gasteiger partial charge in [-0.3, -0.25) is 0 Å². The summed E-state index contributed by atoms with van der Waals surface area (Å²) >= 11 is 0. The standard InChI is InChI=1S/C10H17NO/c1-7-8(5-9-6-11-9)3-2-4-10(7)12/h9-12H,2-6H2,1H3. The first-order valence-corrected chi connectivity index (χ1v) is 4.87. The van der Waals surface area contributed by atoms with E-state index in [0.29, 0.717) is 0 Å². The van der Waals surface area contributed by atoms with Crippen LogP contribution in [0.3, 0.4) is 0 Å². The van der Waals surface area contributed by atoms with Crippen LogP contribution in [-0.4, -0.2) is 23.8 Å². The lowest BCUT2D eigenvalue weighted by Crippen LogP contribution is -2.16. The maximum Gasteiger partial charge on any atom is 0.0750 e. The minimum absolute atomic E-state index is 0.146. The molecule has 2 N–H and O–H groups in total. The smallest absolute Gasteiger partial charge is 0.0750 e. The summed E-state index contributed by atoms with van der Waals surface area (Å²) in [5.41, 5.74) is 2.75. The molecule has 0 aromatic carbocycles. The number of aliphatic hydroxyl groups is 1. The highest BCUT2D eigenvalue weighted by atomic mass is 16.3. The Morgan fingerprint density at radius 1 is 1.58 bits per heavy atom. The van der Waals surface area contributed by atoms with E-state index >= 15 is 0 Å². The predicted octanol–water partition coefficient (Wildman–Crippen LogP) is 1.21. The van der Waals surface area contributed by atoms with Gasteiger partial charge in [-0.2, -0.15) is 0 Å². The van der Waals surface area contributed by atoms with Gasteiger partial charge in [0, 0.05) is 12.6 Å². The van der Waals surface area contributed by atoms with Gasteiger partial charge >= 0.3 is 0 Å². The third-order valence-corrected chi connectivity index (χ3v) is 3.00. The third-order valence-electron chi connectivity index (χ3n) is 3.00. The maximum absolute atomic E-state index is 9.60. The fourth-order valence-electron chi connectivity index (χ4n) is 1.95. The summed E-state index contributed by atoms with van der Waals surface area (Å²) in [6, 6.07) is 0.722. The molecular formula is C10H17NO. The summed E-state index contributed by atoms with van der Waals surface area (Å²) in [6.45, 7) is 3.26. The van der Waals surface area contributed by atoms with Gasteiger partial charge in [-0.25, -0.2) is 0 Å². The zero-order valence-electron chi connectivity index (χ0n) is 7.64. The van der Waals surface area contributed by atoms with Crippen molar-refractivity contribution < 1.29 is 5.11 Å². The highest BCUT2D eigenvalue weighted by Crippen LogP contribution is 2.29. The Bertz CT molecular complexity index is 206. The summed E-state index contributed by atoms with van der Waals surface area (Å²) < 4.78 is 0. The molecule has 0 aromatic heterocycles. The molecule has 0 aromatic rings. The molecule has 1 fully saturated rings. The first-order valence-electron chi connectivity index (χ1n) is 4.87. The van der Waals surface area contributed by atoms with E-state index in [-0.39, 0.29) is 6.10 Å². The van der Waals surface area contributed by atoms with Gasteiger partial charge in [0.2, 0.25) is 0 Å². The summed E-state index contributed by atoms with van der Waals surface area (Å²) in [5.74, 6) is 0. The average molecular weight is 167 g/mol. The maximum atomic E-state index is 9.60. The minimum atomic E-state index is -0.146. The van der Waals surface area contributed by atoms with Crippen LogP contribution in [0.2, 0.25) is 0 Å². The van der Waals surface area contributed by atoms with Crippen LogP contribution in [0.1, 0.15) is 32.6 Å². The molecule has 0 spiro atoms. The SMILES string of the molecule is CC1=C(CC2CN2)CCCC1O. The van der Waals surface area contributed by atoms with E-state index in [1.165, 1.54) is 37.0 Å². The molecule has 1 aliphatic heterocycles. The van der Waals surface area contributed by atoms with Gasteiger partial charge in [0.1, 0.15) is 0 Å². The van der Waals surface area contributed by atoms with E-state index in [4.69, 9.17) is 0 Å². The molecular weight excluding hydrogens is 150 g/mol. The van der Waals surface area contributed by atoms with E-state index in [0.717, 1.165) is 12.5 Å². The highest BCUT2D eigenvalue weighted by molar-refractivity contribution is 5.21. The Morgan fingerprint density at radius 2 is 2.33 bits per heavy atom. The number of aliphatic hydroxyl groups excluding tert-OH is 1. The number of hydrogen-bond donors (Lipinski definition) is 2. The zero-order valence-corrected chi connectivity index (χ0v) is 7.64. The van der Waals surface area contributed by atoms with E-state index in [1.54, 1.807) is 0 Å². The second-order valence-electron chi connectivity index (χ2n) is 4.00. The molecule has 1 aliphatic carbocycles. The summed E-state index contributed by atoms with van der Waals surface area (Å²) in [4.78, 5) is 0.